The number of hydrogen-bond donors (Lipinski definition) is 2. The predicted molar refractivity (Wildman–Crippen MR) is 79.9 cm³/mol. The summed E-state index contributed by atoms with van der Waals surface area (Å²) in [6.45, 7) is 2.62. The lowest BCUT2D eigenvalue weighted by molar-refractivity contribution is -0.128. The molecule has 0 bridgehead atoms. The number of nitrogens with two attached hydrogens (primary N) is 1. The fraction of sp³-hybridized carbons (Fsp3) is 0.500. The van der Waals surface area contributed by atoms with Gasteiger partial charge >= 0.3 is 0 Å². The van der Waals surface area contributed by atoms with Gasteiger partial charge in [-0.1, -0.05) is 12.1 Å². The first-order valence-corrected chi connectivity index (χ1v) is 8.29. The third-order valence-electron chi connectivity index (χ3n) is 3.99. The average molecular weight is 311 g/mol. The number of nitrogens with one attached hydrogen (secondary N) is 1. The van der Waals surface area contributed by atoms with Crippen molar-refractivity contribution in [2.45, 2.75) is 24.8 Å². The van der Waals surface area contributed by atoms with Gasteiger partial charge in [-0.2, -0.15) is 4.31 Å². The van der Waals surface area contributed by atoms with Crippen molar-refractivity contribution in [3.8, 4) is 0 Å². The molecule has 0 saturated carbocycles. The van der Waals surface area contributed by atoms with E-state index in [1.807, 2.05) is 0 Å². The Bertz CT molecular complexity index is 645. The number of carbonyl (C=O) groups is 1. The summed E-state index contributed by atoms with van der Waals surface area (Å²) in [5, 5.41) is 2.60. The van der Waals surface area contributed by atoms with Crippen molar-refractivity contribution in [2.75, 3.05) is 20.1 Å². The second kappa shape index (κ2) is 5.75. The standard InChI is InChI=1S/C14H21N3O3S/c1-14(13(18)16-2)6-7-17(10-14)21(19,20)12-5-3-4-11(8-12)9-15/h3-5,8H,6-7,9-10,15H2,1-2H3,(H,16,18). The molecule has 7 heteroatoms. The van der Waals surface area contributed by atoms with Crippen molar-refractivity contribution in [3.05, 3.63) is 29.8 Å². The second-order valence-corrected chi connectivity index (χ2v) is 7.52. The third kappa shape index (κ3) is 2.95. The van der Waals surface area contributed by atoms with Crippen molar-refractivity contribution < 1.29 is 13.2 Å². The van der Waals surface area contributed by atoms with E-state index in [1.165, 1.54) is 4.31 Å². The summed E-state index contributed by atoms with van der Waals surface area (Å²) in [5.74, 6) is -0.129. The van der Waals surface area contributed by atoms with Crippen LogP contribution in [0.15, 0.2) is 29.2 Å². The number of carbonyl (C=O) groups excluding carboxylic acids is 1. The van der Waals surface area contributed by atoms with Gasteiger partial charge in [-0.15, -0.1) is 0 Å². The summed E-state index contributed by atoms with van der Waals surface area (Å²) in [4.78, 5) is 12.1. The van der Waals surface area contributed by atoms with Crippen LogP contribution in [-0.2, 0) is 21.4 Å². The van der Waals surface area contributed by atoms with Crippen LogP contribution in [0.1, 0.15) is 18.9 Å². The lowest BCUT2D eigenvalue weighted by Gasteiger charge is -2.22. The Labute approximate surface area is 125 Å². The van der Waals surface area contributed by atoms with Crippen molar-refractivity contribution >= 4 is 15.9 Å². The molecule has 0 aromatic heterocycles. The van der Waals surface area contributed by atoms with Crippen LogP contribution in [0.4, 0.5) is 0 Å². The summed E-state index contributed by atoms with van der Waals surface area (Å²) in [5.41, 5.74) is 5.65. The number of hydrogen-bond acceptors (Lipinski definition) is 4. The molecule has 0 spiro atoms. The van der Waals surface area contributed by atoms with Crippen molar-refractivity contribution in [3.63, 3.8) is 0 Å². The van der Waals surface area contributed by atoms with Crippen LogP contribution in [0.25, 0.3) is 0 Å². The Morgan fingerprint density at radius 1 is 1.48 bits per heavy atom. The first kappa shape index (κ1) is 15.9. The SMILES string of the molecule is CNC(=O)C1(C)CCN(S(=O)(=O)c2cccc(CN)c2)C1. The Balaban J connectivity index is 2.27. The minimum atomic E-state index is -3.59. The van der Waals surface area contributed by atoms with Crippen LogP contribution in [0.3, 0.4) is 0 Å². The zero-order chi connectivity index (χ0) is 15.7. The monoisotopic (exact) mass is 311 g/mol. The Morgan fingerprint density at radius 2 is 2.19 bits per heavy atom. The van der Waals surface area contributed by atoms with Gasteiger partial charge in [0.1, 0.15) is 0 Å². The predicted octanol–water partition coefficient (Wildman–Crippen LogP) is 0.292. The largest absolute Gasteiger partial charge is 0.359 e. The van der Waals surface area contributed by atoms with Gasteiger partial charge in [0.15, 0.2) is 0 Å². The highest BCUT2D eigenvalue weighted by molar-refractivity contribution is 7.89. The molecular formula is C14H21N3O3S. The van der Waals surface area contributed by atoms with E-state index in [1.54, 1.807) is 38.2 Å². The Kier molecular flexibility index (Phi) is 4.36. The molecule has 3 N–H and O–H groups in total. The van der Waals surface area contributed by atoms with Gasteiger partial charge in [0.25, 0.3) is 0 Å². The molecule has 1 atom stereocenters. The van der Waals surface area contributed by atoms with Gasteiger partial charge in [-0.25, -0.2) is 8.42 Å². The first-order chi connectivity index (χ1) is 9.83. The molecule has 1 unspecified atom stereocenters. The number of amides is 1. The second-order valence-electron chi connectivity index (χ2n) is 5.58. The summed E-state index contributed by atoms with van der Waals surface area (Å²) >= 11 is 0. The smallest absolute Gasteiger partial charge is 0.243 e. The van der Waals surface area contributed by atoms with E-state index in [0.29, 0.717) is 19.5 Å². The minimum absolute atomic E-state index is 0.129. The maximum absolute atomic E-state index is 12.7. The van der Waals surface area contributed by atoms with E-state index in [9.17, 15) is 13.2 Å². The molecule has 1 saturated heterocycles. The van der Waals surface area contributed by atoms with Crippen LogP contribution in [0, 0.1) is 5.41 Å². The van der Waals surface area contributed by atoms with Gasteiger partial charge in [-0.3, -0.25) is 4.79 Å². The fourth-order valence-electron chi connectivity index (χ4n) is 2.59. The van der Waals surface area contributed by atoms with Gasteiger partial charge in [-0.05, 0) is 31.0 Å². The Hall–Kier alpha value is -1.44. The number of nitrogens with zero attached hydrogens (tertiary/aromatic N) is 1. The summed E-state index contributed by atoms with van der Waals surface area (Å²) in [6.07, 6.45) is 0.516. The van der Waals surface area contributed by atoms with Gasteiger partial charge < -0.3 is 11.1 Å². The van der Waals surface area contributed by atoms with E-state index in [0.717, 1.165) is 5.56 Å². The highest BCUT2D eigenvalue weighted by atomic mass is 32.2. The number of benzene rings is 1. The van der Waals surface area contributed by atoms with E-state index in [2.05, 4.69) is 5.32 Å². The zero-order valence-electron chi connectivity index (χ0n) is 12.3. The molecule has 1 aromatic rings. The van der Waals surface area contributed by atoms with Crippen molar-refractivity contribution in [1.29, 1.82) is 0 Å². The highest BCUT2D eigenvalue weighted by Crippen LogP contribution is 2.33. The molecule has 0 aliphatic carbocycles. The number of sulfonamides is 1. The Morgan fingerprint density at radius 3 is 2.81 bits per heavy atom. The third-order valence-corrected chi connectivity index (χ3v) is 5.83. The molecule has 6 nitrogen and oxygen atoms in total. The zero-order valence-corrected chi connectivity index (χ0v) is 13.1. The van der Waals surface area contributed by atoms with E-state index in [-0.39, 0.29) is 17.3 Å². The maximum Gasteiger partial charge on any atom is 0.243 e. The molecule has 2 rings (SSSR count). The van der Waals surface area contributed by atoms with Crippen LogP contribution in [0.5, 0.6) is 0 Å². The molecular weight excluding hydrogens is 290 g/mol. The van der Waals surface area contributed by atoms with Gasteiger partial charge in [0, 0.05) is 26.7 Å². The minimum Gasteiger partial charge on any atom is -0.359 e. The average Bonchev–Trinajstić information content (AvgIpc) is 2.91. The molecule has 1 aliphatic rings. The highest BCUT2D eigenvalue weighted by Gasteiger charge is 2.44. The lowest BCUT2D eigenvalue weighted by atomic mass is 9.89. The topological polar surface area (TPSA) is 92.5 Å². The number of rotatable bonds is 4. The molecule has 0 radical (unpaired) electrons. The van der Waals surface area contributed by atoms with Gasteiger partial charge in [0.2, 0.25) is 15.9 Å². The molecule has 1 heterocycles. The fourth-order valence-corrected chi connectivity index (χ4v) is 4.23. The van der Waals surface area contributed by atoms with Crippen molar-refractivity contribution in [1.82, 2.24) is 9.62 Å². The van der Waals surface area contributed by atoms with E-state index < -0.39 is 15.4 Å². The lowest BCUT2D eigenvalue weighted by Crippen LogP contribution is -2.40. The summed E-state index contributed by atoms with van der Waals surface area (Å²) in [7, 11) is -2.02. The van der Waals surface area contributed by atoms with Crippen molar-refractivity contribution in [2.24, 2.45) is 11.1 Å². The summed E-state index contributed by atoms with van der Waals surface area (Å²) in [6, 6.07) is 6.62. The molecule has 116 valence electrons. The van der Waals surface area contributed by atoms with Crippen LogP contribution in [0.2, 0.25) is 0 Å². The quantitative estimate of drug-likeness (QED) is 0.836. The first-order valence-electron chi connectivity index (χ1n) is 6.85. The van der Waals surface area contributed by atoms with Crippen LogP contribution >= 0.6 is 0 Å². The molecule has 21 heavy (non-hydrogen) atoms. The molecule has 1 aliphatic heterocycles. The van der Waals surface area contributed by atoms with Gasteiger partial charge in [0.05, 0.1) is 10.3 Å². The molecule has 1 aromatic carbocycles. The normalized spacial score (nSPS) is 23.2. The summed E-state index contributed by atoms with van der Waals surface area (Å²) < 4.78 is 26.7. The van der Waals surface area contributed by atoms with E-state index >= 15 is 0 Å². The molecule has 1 amide bonds. The maximum atomic E-state index is 12.7. The molecule has 1 fully saturated rings. The van der Waals surface area contributed by atoms with E-state index in [4.69, 9.17) is 5.73 Å². The van der Waals surface area contributed by atoms with Crippen LogP contribution in [-0.4, -0.2) is 38.8 Å². The van der Waals surface area contributed by atoms with Crippen LogP contribution < -0.4 is 11.1 Å².